The number of ether oxygens (including phenoxy) is 1. The topological polar surface area (TPSA) is 67.8 Å². The lowest BCUT2D eigenvalue weighted by Gasteiger charge is -2.14. The first-order valence-electron chi connectivity index (χ1n) is 5.96. The summed E-state index contributed by atoms with van der Waals surface area (Å²) < 4.78 is 18.8. The zero-order valence-corrected chi connectivity index (χ0v) is 10.7. The smallest absolute Gasteiger partial charge is 0.170 e. The molecule has 0 aliphatic carbocycles. The van der Waals surface area contributed by atoms with E-state index in [0.717, 1.165) is 12.8 Å². The van der Waals surface area contributed by atoms with Crippen LogP contribution in [0.1, 0.15) is 37.8 Å². The van der Waals surface area contributed by atoms with Crippen LogP contribution < -0.4 is 5.73 Å². The van der Waals surface area contributed by atoms with Gasteiger partial charge in [-0.1, -0.05) is 24.6 Å². The van der Waals surface area contributed by atoms with Crippen LogP contribution in [0.15, 0.2) is 23.4 Å². The summed E-state index contributed by atoms with van der Waals surface area (Å²) in [4.78, 5) is 0. The van der Waals surface area contributed by atoms with Crippen molar-refractivity contribution in [2.24, 2.45) is 10.9 Å². The van der Waals surface area contributed by atoms with Crippen molar-refractivity contribution in [3.63, 3.8) is 0 Å². The Morgan fingerprint density at radius 1 is 1.56 bits per heavy atom. The van der Waals surface area contributed by atoms with E-state index < -0.39 is 5.82 Å². The number of nitrogens with zero attached hydrogens (tertiary/aromatic N) is 1. The second-order valence-corrected chi connectivity index (χ2v) is 4.20. The summed E-state index contributed by atoms with van der Waals surface area (Å²) >= 11 is 0. The van der Waals surface area contributed by atoms with Crippen molar-refractivity contribution in [2.45, 2.75) is 39.4 Å². The Bertz CT molecular complexity index is 421. The summed E-state index contributed by atoms with van der Waals surface area (Å²) in [5.74, 6) is -0.543. The third-order valence-electron chi connectivity index (χ3n) is 2.67. The molecule has 0 aliphatic rings. The van der Waals surface area contributed by atoms with Crippen LogP contribution in [0.2, 0.25) is 0 Å². The minimum atomic E-state index is -0.429. The van der Waals surface area contributed by atoms with Crippen LogP contribution in [0.3, 0.4) is 0 Å². The number of halogens is 1. The van der Waals surface area contributed by atoms with Crippen molar-refractivity contribution in [1.82, 2.24) is 0 Å². The standard InChI is InChI=1S/C13H19FN2O2/c1-3-4-9(2)18-8-10-5-6-11(14)7-12(10)13(15)16-17/h5-7,9,17H,3-4,8H2,1-2H3,(H2,15,16). The summed E-state index contributed by atoms with van der Waals surface area (Å²) in [5, 5.41) is 11.6. The molecule has 0 spiro atoms. The summed E-state index contributed by atoms with van der Waals surface area (Å²) in [6.45, 7) is 4.38. The summed E-state index contributed by atoms with van der Waals surface area (Å²) in [6.07, 6.45) is 2.12. The van der Waals surface area contributed by atoms with Crippen molar-refractivity contribution < 1.29 is 14.3 Å². The normalized spacial score (nSPS) is 13.6. The fourth-order valence-corrected chi connectivity index (χ4v) is 1.69. The number of amidine groups is 1. The molecule has 0 heterocycles. The van der Waals surface area contributed by atoms with Crippen molar-refractivity contribution >= 4 is 5.84 Å². The number of benzene rings is 1. The van der Waals surface area contributed by atoms with Gasteiger partial charge in [-0.3, -0.25) is 0 Å². The first-order chi connectivity index (χ1) is 8.58. The van der Waals surface area contributed by atoms with Crippen LogP contribution in [0.4, 0.5) is 4.39 Å². The highest BCUT2D eigenvalue weighted by atomic mass is 19.1. The summed E-state index contributed by atoms with van der Waals surface area (Å²) in [7, 11) is 0. The molecule has 1 unspecified atom stereocenters. The van der Waals surface area contributed by atoms with Gasteiger partial charge in [-0.2, -0.15) is 0 Å². The lowest BCUT2D eigenvalue weighted by molar-refractivity contribution is 0.0471. The second-order valence-electron chi connectivity index (χ2n) is 4.20. The largest absolute Gasteiger partial charge is 0.409 e. The van der Waals surface area contributed by atoms with Gasteiger partial charge in [0, 0.05) is 5.56 Å². The average Bonchev–Trinajstić information content (AvgIpc) is 2.36. The van der Waals surface area contributed by atoms with E-state index in [1.165, 1.54) is 12.1 Å². The van der Waals surface area contributed by atoms with Crippen molar-refractivity contribution in [1.29, 1.82) is 0 Å². The van der Waals surface area contributed by atoms with Crippen LogP contribution >= 0.6 is 0 Å². The maximum atomic E-state index is 13.1. The molecule has 1 aromatic rings. The maximum absolute atomic E-state index is 13.1. The molecule has 0 aromatic heterocycles. The quantitative estimate of drug-likeness (QED) is 0.355. The molecule has 100 valence electrons. The van der Waals surface area contributed by atoms with Gasteiger partial charge in [0.1, 0.15) is 5.82 Å². The molecular formula is C13H19FN2O2. The van der Waals surface area contributed by atoms with Crippen molar-refractivity contribution in [2.75, 3.05) is 0 Å². The third kappa shape index (κ3) is 4.00. The van der Waals surface area contributed by atoms with E-state index in [2.05, 4.69) is 12.1 Å². The van der Waals surface area contributed by atoms with E-state index in [-0.39, 0.29) is 11.9 Å². The monoisotopic (exact) mass is 254 g/mol. The summed E-state index contributed by atoms with van der Waals surface area (Å²) in [5.41, 5.74) is 6.57. The lowest BCUT2D eigenvalue weighted by Crippen LogP contribution is -2.17. The predicted octanol–water partition coefficient (Wildman–Crippen LogP) is 2.63. The number of hydrogen-bond donors (Lipinski definition) is 2. The molecule has 0 saturated carbocycles. The Hall–Kier alpha value is -1.62. The lowest BCUT2D eigenvalue weighted by atomic mass is 10.1. The van der Waals surface area contributed by atoms with Gasteiger partial charge in [0.15, 0.2) is 5.84 Å². The minimum absolute atomic E-state index is 0.115. The van der Waals surface area contributed by atoms with Crippen LogP contribution in [0.5, 0.6) is 0 Å². The zero-order valence-electron chi connectivity index (χ0n) is 10.7. The molecule has 5 heteroatoms. The molecule has 0 fully saturated rings. The average molecular weight is 254 g/mol. The summed E-state index contributed by atoms with van der Waals surface area (Å²) in [6, 6.07) is 4.15. The van der Waals surface area contributed by atoms with Gasteiger partial charge in [-0.15, -0.1) is 0 Å². The van der Waals surface area contributed by atoms with Gasteiger partial charge in [0.2, 0.25) is 0 Å². The molecule has 0 amide bonds. The van der Waals surface area contributed by atoms with E-state index in [9.17, 15) is 4.39 Å². The molecule has 0 aliphatic heterocycles. The number of rotatable bonds is 6. The number of nitrogens with two attached hydrogens (primary N) is 1. The molecule has 4 nitrogen and oxygen atoms in total. The molecular weight excluding hydrogens is 235 g/mol. The highest BCUT2D eigenvalue weighted by Gasteiger charge is 2.10. The van der Waals surface area contributed by atoms with E-state index in [1.807, 2.05) is 6.92 Å². The Kier molecular flexibility index (Phi) is 5.58. The first-order valence-corrected chi connectivity index (χ1v) is 5.96. The molecule has 18 heavy (non-hydrogen) atoms. The van der Waals surface area contributed by atoms with Gasteiger partial charge in [0.25, 0.3) is 0 Å². The number of oxime groups is 1. The van der Waals surface area contributed by atoms with Crippen LogP contribution in [-0.2, 0) is 11.3 Å². The third-order valence-corrected chi connectivity index (χ3v) is 2.67. The van der Waals surface area contributed by atoms with E-state index in [0.29, 0.717) is 17.7 Å². The molecule has 1 aromatic carbocycles. The Morgan fingerprint density at radius 2 is 2.28 bits per heavy atom. The van der Waals surface area contributed by atoms with Crippen LogP contribution in [0, 0.1) is 5.82 Å². The Balaban J connectivity index is 2.82. The molecule has 0 saturated heterocycles. The fraction of sp³-hybridized carbons (Fsp3) is 0.462. The molecule has 0 bridgehead atoms. The first kappa shape index (κ1) is 14.4. The van der Waals surface area contributed by atoms with E-state index >= 15 is 0 Å². The molecule has 3 N–H and O–H groups in total. The van der Waals surface area contributed by atoms with E-state index in [1.54, 1.807) is 6.07 Å². The molecule has 0 radical (unpaired) electrons. The van der Waals surface area contributed by atoms with Crippen molar-refractivity contribution in [3.05, 3.63) is 35.1 Å². The zero-order chi connectivity index (χ0) is 13.5. The SMILES string of the molecule is CCCC(C)OCc1ccc(F)cc1/C(N)=N/O. The van der Waals surface area contributed by atoms with Gasteiger partial charge >= 0.3 is 0 Å². The van der Waals surface area contributed by atoms with Gasteiger partial charge in [-0.05, 0) is 31.0 Å². The van der Waals surface area contributed by atoms with Crippen LogP contribution in [0.25, 0.3) is 0 Å². The molecule has 1 rings (SSSR count). The van der Waals surface area contributed by atoms with Gasteiger partial charge in [-0.25, -0.2) is 4.39 Å². The minimum Gasteiger partial charge on any atom is -0.409 e. The maximum Gasteiger partial charge on any atom is 0.170 e. The van der Waals surface area contributed by atoms with Crippen LogP contribution in [-0.4, -0.2) is 17.1 Å². The second kappa shape index (κ2) is 6.96. The highest BCUT2D eigenvalue weighted by Crippen LogP contribution is 2.14. The Morgan fingerprint density at radius 3 is 2.89 bits per heavy atom. The van der Waals surface area contributed by atoms with Gasteiger partial charge < -0.3 is 15.7 Å². The number of hydrogen-bond acceptors (Lipinski definition) is 3. The van der Waals surface area contributed by atoms with E-state index in [4.69, 9.17) is 15.7 Å². The highest BCUT2D eigenvalue weighted by molar-refractivity contribution is 5.98. The van der Waals surface area contributed by atoms with Crippen molar-refractivity contribution in [3.8, 4) is 0 Å². The molecule has 1 atom stereocenters. The van der Waals surface area contributed by atoms with Gasteiger partial charge in [0.05, 0.1) is 12.7 Å². The Labute approximate surface area is 106 Å². The fourth-order valence-electron chi connectivity index (χ4n) is 1.69. The predicted molar refractivity (Wildman–Crippen MR) is 68.1 cm³/mol.